The van der Waals surface area contributed by atoms with Gasteiger partial charge in [0, 0.05) is 22.9 Å². The average molecular weight is 543 g/mol. The van der Waals surface area contributed by atoms with E-state index in [1.54, 1.807) is 0 Å². The molecule has 1 heterocycles. The van der Waals surface area contributed by atoms with Crippen LogP contribution in [0.25, 0.3) is 0 Å². The van der Waals surface area contributed by atoms with E-state index in [4.69, 9.17) is 18.3 Å². The van der Waals surface area contributed by atoms with E-state index in [0.717, 1.165) is 32.3 Å². The van der Waals surface area contributed by atoms with Gasteiger partial charge in [0.25, 0.3) is 0 Å². The predicted octanol–water partition coefficient (Wildman–Crippen LogP) is 5.00. The van der Waals surface area contributed by atoms with Crippen molar-refractivity contribution in [2.24, 2.45) is 11.8 Å². The maximum Gasteiger partial charge on any atom is 0.305 e. The van der Waals surface area contributed by atoms with Crippen LogP contribution in [0.5, 0.6) is 0 Å². The number of alkyl halides is 1. The van der Waals surface area contributed by atoms with Gasteiger partial charge in [0.15, 0.2) is 16.6 Å². The molecule has 8 heteroatoms. The normalized spacial score (nSPS) is 31.6. The maximum atomic E-state index is 11.3. The topological polar surface area (TPSA) is 54.0 Å². The van der Waals surface area contributed by atoms with E-state index in [1.165, 1.54) is 7.11 Å². The van der Waals surface area contributed by atoms with Gasteiger partial charge < -0.3 is 18.3 Å². The van der Waals surface area contributed by atoms with E-state index in [0.29, 0.717) is 28.3 Å². The van der Waals surface area contributed by atoms with Crippen molar-refractivity contribution in [2.75, 3.05) is 13.7 Å². The van der Waals surface area contributed by atoms with Crippen molar-refractivity contribution in [3.63, 3.8) is 0 Å². The smallest absolute Gasteiger partial charge is 0.305 e. The van der Waals surface area contributed by atoms with Crippen molar-refractivity contribution in [1.29, 1.82) is 0 Å². The Balaban J connectivity index is 1.95. The van der Waals surface area contributed by atoms with E-state index in [2.05, 4.69) is 61.9 Å². The highest BCUT2D eigenvalue weighted by atomic mass is 127. The van der Waals surface area contributed by atoms with Gasteiger partial charge in [-0.2, -0.15) is 0 Å². The first-order valence-corrected chi connectivity index (χ1v) is 18.6. The Hall–Kier alpha value is 0.514. The predicted molar refractivity (Wildman–Crippen MR) is 126 cm³/mol. The standard InChI is InChI=1S/C20H39IO5Si2/c1-23-20(22)10-8-9-16(21)19-11-14-15(13-24-27(2,3)4)18(12-17(14)25-19)26-28(5,6)7/h14-19H,8-13H2,1-7H3/t14-,15-,16-,17+,18-,19-/m1/s1. The lowest BCUT2D eigenvalue weighted by atomic mass is 9.90. The van der Waals surface area contributed by atoms with E-state index in [-0.39, 0.29) is 18.2 Å². The largest absolute Gasteiger partial charge is 0.469 e. The van der Waals surface area contributed by atoms with Crippen LogP contribution in [0.15, 0.2) is 0 Å². The Kier molecular flexibility index (Phi) is 9.04. The molecule has 1 saturated carbocycles. The summed E-state index contributed by atoms with van der Waals surface area (Å²) in [4.78, 5) is 11.3. The summed E-state index contributed by atoms with van der Waals surface area (Å²) < 4.78 is 24.6. The fourth-order valence-corrected chi connectivity index (χ4v) is 7.07. The van der Waals surface area contributed by atoms with Gasteiger partial charge in [0.1, 0.15) is 0 Å². The monoisotopic (exact) mass is 542 g/mol. The van der Waals surface area contributed by atoms with Crippen LogP contribution >= 0.6 is 22.6 Å². The first-order valence-electron chi connectivity index (χ1n) is 10.6. The Morgan fingerprint density at radius 3 is 2.39 bits per heavy atom. The Bertz CT molecular complexity index is 520. The minimum Gasteiger partial charge on any atom is -0.469 e. The third-order valence-electron chi connectivity index (χ3n) is 5.53. The van der Waals surface area contributed by atoms with Crippen LogP contribution in [0.2, 0.25) is 39.3 Å². The van der Waals surface area contributed by atoms with E-state index in [9.17, 15) is 4.79 Å². The molecule has 2 fully saturated rings. The van der Waals surface area contributed by atoms with Gasteiger partial charge >= 0.3 is 5.97 Å². The number of hydrogen-bond acceptors (Lipinski definition) is 5. The summed E-state index contributed by atoms with van der Waals surface area (Å²) in [6, 6.07) is 0. The van der Waals surface area contributed by atoms with Gasteiger partial charge in [-0.1, -0.05) is 22.6 Å². The zero-order chi connectivity index (χ0) is 21.1. The highest BCUT2D eigenvalue weighted by Gasteiger charge is 2.52. The minimum atomic E-state index is -1.60. The molecule has 5 nitrogen and oxygen atoms in total. The first kappa shape index (κ1) is 24.8. The summed E-state index contributed by atoms with van der Waals surface area (Å²) in [7, 11) is -1.71. The molecular formula is C20H39IO5Si2. The van der Waals surface area contributed by atoms with Gasteiger partial charge in [-0.25, -0.2) is 0 Å². The zero-order valence-electron chi connectivity index (χ0n) is 18.6. The average Bonchev–Trinajstić information content (AvgIpc) is 3.08. The first-order chi connectivity index (χ1) is 12.9. The summed E-state index contributed by atoms with van der Waals surface area (Å²) in [5.41, 5.74) is 0. The highest BCUT2D eigenvalue weighted by Crippen LogP contribution is 2.47. The van der Waals surface area contributed by atoms with Gasteiger partial charge in [-0.15, -0.1) is 0 Å². The van der Waals surface area contributed by atoms with Crippen LogP contribution in [0, 0.1) is 11.8 Å². The molecule has 2 aliphatic rings. The molecular weight excluding hydrogens is 503 g/mol. The Morgan fingerprint density at radius 2 is 1.82 bits per heavy atom. The molecule has 0 spiro atoms. The third-order valence-corrected chi connectivity index (χ3v) is 9.00. The molecule has 0 amide bonds. The molecule has 0 N–H and O–H groups in total. The molecule has 164 valence electrons. The van der Waals surface area contributed by atoms with Crippen LogP contribution < -0.4 is 0 Å². The number of methoxy groups -OCH3 is 1. The third kappa shape index (κ3) is 7.65. The van der Waals surface area contributed by atoms with Crippen molar-refractivity contribution in [3.05, 3.63) is 0 Å². The van der Waals surface area contributed by atoms with Crippen molar-refractivity contribution < 1.29 is 23.1 Å². The molecule has 0 unspecified atom stereocenters. The second kappa shape index (κ2) is 10.2. The summed E-state index contributed by atoms with van der Waals surface area (Å²) in [6.07, 6.45) is 5.26. The molecule has 28 heavy (non-hydrogen) atoms. The van der Waals surface area contributed by atoms with Gasteiger partial charge in [-0.05, 0) is 70.9 Å². The SMILES string of the molecule is COC(=O)CCC[C@@H](I)[C@H]1C[C@@H]2[C@@H](CO[Si](C)(C)C)[C@H](O[Si](C)(C)C)C[C@@H]2O1. The number of ether oxygens (including phenoxy) is 2. The quantitative estimate of drug-likeness (QED) is 0.168. The van der Waals surface area contributed by atoms with Crippen molar-refractivity contribution in [3.8, 4) is 0 Å². The zero-order valence-corrected chi connectivity index (χ0v) is 22.8. The number of fused-ring (bicyclic) bond motifs is 1. The molecule has 0 aromatic carbocycles. The van der Waals surface area contributed by atoms with Crippen molar-refractivity contribution >= 4 is 45.2 Å². The highest BCUT2D eigenvalue weighted by molar-refractivity contribution is 14.1. The van der Waals surface area contributed by atoms with Crippen LogP contribution in [-0.2, 0) is 23.1 Å². The number of halogens is 1. The second-order valence-electron chi connectivity index (χ2n) is 10.2. The van der Waals surface area contributed by atoms with Crippen LogP contribution in [0.4, 0.5) is 0 Å². The summed E-state index contributed by atoms with van der Waals surface area (Å²) in [6.45, 7) is 14.4. The fourth-order valence-electron chi connectivity index (χ4n) is 4.29. The summed E-state index contributed by atoms with van der Waals surface area (Å²) >= 11 is 2.51. The van der Waals surface area contributed by atoms with E-state index >= 15 is 0 Å². The fraction of sp³-hybridized carbons (Fsp3) is 0.950. The Labute approximate surface area is 187 Å². The van der Waals surface area contributed by atoms with Crippen LogP contribution in [0.3, 0.4) is 0 Å². The molecule has 2 rings (SSSR count). The van der Waals surface area contributed by atoms with Gasteiger partial charge in [0.2, 0.25) is 0 Å². The molecule has 1 aliphatic carbocycles. The number of carbonyl (C=O) groups is 1. The lowest BCUT2D eigenvalue weighted by molar-refractivity contribution is -0.140. The molecule has 0 aromatic rings. The van der Waals surface area contributed by atoms with Crippen LogP contribution in [0.1, 0.15) is 32.1 Å². The number of hydrogen-bond donors (Lipinski definition) is 0. The number of carbonyl (C=O) groups excluding carboxylic acids is 1. The van der Waals surface area contributed by atoms with Crippen molar-refractivity contribution in [1.82, 2.24) is 0 Å². The molecule has 1 saturated heterocycles. The molecule has 0 aromatic heterocycles. The molecule has 6 atom stereocenters. The number of esters is 1. The maximum absolute atomic E-state index is 11.3. The summed E-state index contributed by atoms with van der Waals surface area (Å²) in [5.74, 6) is 0.843. The molecule has 1 aliphatic heterocycles. The van der Waals surface area contributed by atoms with Gasteiger partial charge in [-0.3, -0.25) is 4.79 Å². The van der Waals surface area contributed by atoms with E-state index in [1.807, 2.05) is 0 Å². The molecule has 0 radical (unpaired) electrons. The van der Waals surface area contributed by atoms with Gasteiger partial charge in [0.05, 0.1) is 25.4 Å². The summed E-state index contributed by atoms with van der Waals surface area (Å²) in [5, 5.41) is 0. The minimum absolute atomic E-state index is 0.122. The lowest BCUT2D eigenvalue weighted by Gasteiger charge is -2.32. The van der Waals surface area contributed by atoms with E-state index < -0.39 is 16.6 Å². The number of rotatable bonds is 10. The molecule has 0 bridgehead atoms. The lowest BCUT2D eigenvalue weighted by Crippen LogP contribution is -2.39. The second-order valence-corrected chi connectivity index (χ2v) is 20.8. The van der Waals surface area contributed by atoms with Crippen molar-refractivity contribution in [2.45, 2.75) is 93.6 Å². The van der Waals surface area contributed by atoms with Crippen LogP contribution in [-0.4, -0.2) is 58.6 Å². The Morgan fingerprint density at radius 1 is 1.14 bits per heavy atom.